The standard InChI is InChI=1S/C17H25NO2/c1-17(2)11-15(14-5-3-4-6-16(14)20-17)18-9-10-19-12-13-7-8-13/h3-6,13,15,18H,7-12H2,1-2H3. The van der Waals surface area contributed by atoms with Gasteiger partial charge in [0.2, 0.25) is 0 Å². The Kier molecular flexibility index (Phi) is 3.99. The largest absolute Gasteiger partial charge is 0.487 e. The van der Waals surface area contributed by atoms with Crippen LogP contribution in [0, 0.1) is 5.92 Å². The zero-order valence-corrected chi connectivity index (χ0v) is 12.5. The lowest BCUT2D eigenvalue weighted by molar-refractivity contribution is 0.0622. The molecule has 0 bridgehead atoms. The molecule has 0 aromatic heterocycles. The van der Waals surface area contributed by atoms with E-state index < -0.39 is 0 Å². The van der Waals surface area contributed by atoms with E-state index in [2.05, 4.69) is 37.4 Å². The molecule has 1 aliphatic carbocycles. The van der Waals surface area contributed by atoms with Gasteiger partial charge in [0.1, 0.15) is 11.4 Å². The summed E-state index contributed by atoms with van der Waals surface area (Å²) in [6.07, 6.45) is 3.70. The molecular weight excluding hydrogens is 250 g/mol. The molecule has 3 rings (SSSR count). The smallest absolute Gasteiger partial charge is 0.124 e. The molecule has 1 fully saturated rings. The first-order valence-corrected chi connectivity index (χ1v) is 7.73. The van der Waals surface area contributed by atoms with Crippen molar-refractivity contribution in [3.05, 3.63) is 29.8 Å². The van der Waals surface area contributed by atoms with Crippen molar-refractivity contribution in [1.82, 2.24) is 5.32 Å². The number of rotatable bonds is 6. The summed E-state index contributed by atoms with van der Waals surface area (Å²) in [7, 11) is 0. The Labute approximate surface area is 121 Å². The second-order valence-electron chi connectivity index (χ2n) is 6.63. The molecule has 0 spiro atoms. The zero-order valence-electron chi connectivity index (χ0n) is 12.5. The molecule has 2 aliphatic rings. The molecule has 110 valence electrons. The number of fused-ring (bicyclic) bond motifs is 1. The molecule has 0 radical (unpaired) electrons. The van der Waals surface area contributed by atoms with Crippen LogP contribution in [0.5, 0.6) is 5.75 Å². The molecule has 3 heteroatoms. The lowest BCUT2D eigenvalue weighted by Crippen LogP contribution is -2.40. The van der Waals surface area contributed by atoms with Gasteiger partial charge in [-0.2, -0.15) is 0 Å². The highest BCUT2D eigenvalue weighted by molar-refractivity contribution is 5.38. The summed E-state index contributed by atoms with van der Waals surface area (Å²) in [5.74, 6) is 1.86. The maximum atomic E-state index is 6.05. The average molecular weight is 275 g/mol. The highest BCUT2D eigenvalue weighted by Gasteiger charge is 2.33. The van der Waals surface area contributed by atoms with Crippen molar-refractivity contribution in [2.45, 2.75) is 44.8 Å². The number of ether oxygens (including phenoxy) is 2. The fourth-order valence-electron chi connectivity index (χ4n) is 2.82. The summed E-state index contributed by atoms with van der Waals surface area (Å²) in [6.45, 7) is 6.96. The van der Waals surface area contributed by atoms with Crippen LogP contribution in [0.15, 0.2) is 24.3 Å². The third-order valence-corrected chi connectivity index (χ3v) is 4.06. The van der Waals surface area contributed by atoms with Gasteiger partial charge < -0.3 is 14.8 Å². The van der Waals surface area contributed by atoms with E-state index in [1.807, 2.05) is 6.07 Å². The summed E-state index contributed by atoms with van der Waals surface area (Å²) in [5.41, 5.74) is 1.16. The molecule has 0 saturated heterocycles. The topological polar surface area (TPSA) is 30.5 Å². The molecule has 1 atom stereocenters. The van der Waals surface area contributed by atoms with Crippen LogP contribution >= 0.6 is 0 Å². The predicted octanol–water partition coefficient (Wildman–Crippen LogP) is 3.31. The van der Waals surface area contributed by atoms with Crippen molar-refractivity contribution >= 4 is 0 Å². The Morgan fingerprint density at radius 1 is 1.30 bits per heavy atom. The third kappa shape index (κ3) is 3.53. The van der Waals surface area contributed by atoms with E-state index >= 15 is 0 Å². The van der Waals surface area contributed by atoms with Gasteiger partial charge >= 0.3 is 0 Å². The van der Waals surface area contributed by atoms with Gasteiger partial charge in [0.15, 0.2) is 0 Å². The maximum absolute atomic E-state index is 6.05. The van der Waals surface area contributed by atoms with E-state index in [0.29, 0.717) is 6.04 Å². The van der Waals surface area contributed by atoms with Crippen LogP contribution < -0.4 is 10.1 Å². The second kappa shape index (κ2) is 5.74. The maximum Gasteiger partial charge on any atom is 0.124 e. The van der Waals surface area contributed by atoms with Crippen molar-refractivity contribution in [3.8, 4) is 5.75 Å². The van der Waals surface area contributed by atoms with Gasteiger partial charge in [-0.3, -0.25) is 0 Å². The predicted molar refractivity (Wildman–Crippen MR) is 80.1 cm³/mol. The van der Waals surface area contributed by atoms with E-state index in [4.69, 9.17) is 9.47 Å². The Balaban J connectivity index is 1.54. The Hall–Kier alpha value is -1.06. The Bertz CT molecular complexity index is 454. The van der Waals surface area contributed by atoms with Crippen LogP contribution in [0.25, 0.3) is 0 Å². The first kappa shape index (κ1) is 13.9. The second-order valence-corrected chi connectivity index (χ2v) is 6.63. The summed E-state index contributed by atoms with van der Waals surface area (Å²) < 4.78 is 11.7. The molecule has 0 amide bonds. The molecule has 1 saturated carbocycles. The van der Waals surface area contributed by atoms with Crippen molar-refractivity contribution in [3.63, 3.8) is 0 Å². The summed E-state index contributed by atoms with van der Waals surface area (Å²) in [6, 6.07) is 8.70. The lowest BCUT2D eigenvalue weighted by atomic mass is 9.90. The average Bonchev–Trinajstić information content (AvgIpc) is 3.21. The summed E-state index contributed by atoms with van der Waals surface area (Å²) >= 11 is 0. The van der Waals surface area contributed by atoms with E-state index in [1.165, 1.54) is 18.4 Å². The SMILES string of the molecule is CC1(C)CC(NCCOCC2CC2)c2ccccc2O1. The van der Waals surface area contributed by atoms with Gasteiger partial charge in [-0.25, -0.2) is 0 Å². The third-order valence-electron chi connectivity index (χ3n) is 4.06. The minimum Gasteiger partial charge on any atom is -0.487 e. The fraction of sp³-hybridized carbons (Fsp3) is 0.647. The van der Waals surface area contributed by atoms with Crippen LogP contribution in [-0.4, -0.2) is 25.4 Å². The van der Waals surface area contributed by atoms with E-state index in [0.717, 1.165) is 37.8 Å². The fourth-order valence-corrected chi connectivity index (χ4v) is 2.82. The van der Waals surface area contributed by atoms with Gasteiger partial charge in [-0.15, -0.1) is 0 Å². The quantitative estimate of drug-likeness (QED) is 0.808. The van der Waals surface area contributed by atoms with Crippen molar-refractivity contribution < 1.29 is 9.47 Å². The number of benzene rings is 1. The summed E-state index contributed by atoms with van der Waals surface area (Å²) in [4.78, 5) is 0. The van der Waals surface area contributed by atoms with Gasteiger partial charge in [0.05, 0.1) is 6.61 Å². The van der Waals surface area contributed by atoms with Crippen LogP contribution in [-0.2, 0) is 4.74 Å². The number of hydrogen-bond donors (Lipinski definition) is 1. The molecular formula is C17H25NO2. The van der Waals surface area contributed by atoms with E-state index in [9.17, 15) is 0 Å². The van der Waals surface area contributed by atoms with Gasteiger partial charge in [0, 0.05) is 31.2 Å². The number of para-hydroxylation sites is 1. The zero-order chi connectivity index (χ0) is 14.0. The minimum absolute atomic E-state index is 0.110. The summed E-state index contributed by atoms with van der Waals surface area (Å²) in [5, 5.41) is 3.62. The van der Waals surface area contributed by atoms with Gasteiger partial charge in [0.25, 0.3) is 0 Å². The van der Waals surface area contributed by atoms with E-state index in [-0.39, 0.29) is 5.60 Å². The molecule has 1 aromatic carbocycles. The highest BCUT2D eigenvalue weighted by atomic mass is 16.5. The molecule has 1 heterocycles. The van der Waals surface area contributed by atoms with Crippen molar-refractivity contribution in [1.29, 1.82) is 0 Å². The molecule has 1 unspecified atom stereocenters. The van der Waals surface area contributed by atoms with Crippen LogP contribution in [0.2, 0.25) is 0 Å². The normalized spacial score (nSPS) is 24.0. The van der Waals surface area contributed by atoms with Gasteiger partial charge in [-0.1, -0.05) is 18.2 Å². The molecule has 1 aliphatic heterocycles. The molecule has 1 N–H and O–H groups in total. The minimum atomic E-state index is -0.110. The number of nitrogens with one attached hydrogen (secondary N) is 1. The van der Waals surface area contributed by atoms with Gasteiger partial charge in [-0.05, 0) is 38.7 Å². The number of hydrogen-bond acceptors (Lipinski definition) is 3. The van der Waals surface area contributed by atoms with Crippen LogP contribution in [0.1, 0.15) is 44.7 Å². The van der Waals surface area contributed by atoms with E-state index in [1.54, 1.807) is 0 Å². The monoisotopic (exact) mass is 275 g/mol. The first-order valence-electron chi connectivity index (χ1n) is 7.73. The van der Waals surface area contributed by atoms with Crippen molar-refractivity contribution in [2.24, 2.45) is 5.92 Å². The Morgan fingerprint density at radius 3 is 2.90 bits per heavy atom. The first-order chi connectivity index (χ1) is 9.64. The molecule has 3 nitrogen and oxygen atoms in total. The highest BCUT2D eigenvalue weighted by Crippen LogP contribution is 2.39. The molecule has 20 heavy (non-hydrogen) atoms. The molecule has 1 aromatic rings. The van der Waals surface area contributed by atoms with Crippen molar-refractivity contribution in [2.75, 3.05) is 19.8 Å². The Morgan fingerprint density at radius 2 is 2.10 bits per heavy atom. The lowest BCUT2D eigenvalue weighted by Gasteiger charge is -2.38. The van der Waals surface area contributed by atoms with Crippen LogP contribution in [0.4, 0.5) is 0 Å². The van der Waals surface area contributed by atoms with Crippen LogP contribution in [0.3, 0.4) is 0 Å².